The molecule has 2 aliphatic heterocycles. The lowest BCUT2D eigenvalue weighted by Crippen LogP contribution is -2.46. The molecule has 0 saturated carbocycles. The number of hydrogen-bond acceptors (Lipinski definition) is 6. The van der Waals surface area contributed by atoms with Gasteiger partial charge in [0.2, 0.25) is 10.0 Å². The highest BCUT2D eigenvalue weighted by atomic mass is 32.2. The Morgan fingerprint density at radius 2 is 1.60 bits per heavy atom. The van der Waals surface area contributed by atoms with E-state index in [1.807, 2.05) is 12.1 Å². The molecule has 192 valence electrons. The van der Waals surface area contributed by atoms with E-state index >= 15 is 0 Å². The second-order valence-corrected chi connectivity index (χ2v) is 13.5. The number of aryl methyl sites for hydroxylation is 1. The second-order valence-electron chi connectivity index (χ2n) is 9.59. The van der Waals surface area contributed by atoms with Crippen LogP contribution in [0.1, 0.15) is 30.4 Å². The summed E-state index contributed by atoms with van der Waals surface area (Å²) in [6.45, 7) is 6.32. The average Bonchev–Trinajstić information content (AvgIpc) is 3.08. The van der Waals surface area contributed by atoms with Gasteiger partial charge in [-0.1, -0.05) is 24.3 Å². The van der Waals surface area contributed by atoms with Gasteiger partial charge in [0, 0.05) is 38.5 Å². The number of nitrogens with zero attached hydrogens (tertiary/aromatic N) is 3. The van der Waals surface area contributed by atoms with E-state index in [-0.39, 0.29) is 4.90 Å². The molecule has 35 heavy (non-hydrogen) atoms. The van der Waals surface area contributed by atoms with Crippen molar-refractivity contribution in [2.45, 2.75) is 48.6 Å². The number of halogens is 1. The normalized spacial score (nSPS) is 20.1. The number of hydrogen-bond donors (Lipinski definition) is 0. The van der Waals surface area contributed by atoms with Gasteiger partial charge in [0.05, 0.1) is 9.79 Å². The fourth-order valence-electron chi connectivity index (χ4n) is 5.19. The third-order valence-electron chi connectivity index (χ3n) is 7.10. The van der Waals surface area contributed by atoms with Crippen molar-refractivity contribution < 1.29 is 21.2 Å². The van der Waals surface area contributed by atoms with Crippen LogP contribution in [0.15, 0.2) is 52.3 Å². The maximum absolute atomic E-state index is 13.8. The van der Waals surface area contributed by atoms with Crippen LogP contribution < -0.4 is 0 Å². The van der Waals surface area contributed by atoms with Crippen LogP contribution in [-0.4, -0.2) is 82.5 Å². The summed E-state index contributed by atoms with van der Waals surface area (Å²) in [7, 11) is -7.01. The third-order valence-corrected chi connectivity index (χ3v) is 10.3. The van der Waals surface area contributed by atoms with Crippen molar-refractivity contribution in [2.24, 2.45) is 0 Å². The van der Waals surface area contributed by atoms with E-state index in [1.165, 1.54) is 22.7 Å². The molecule has 10 heteroatoms. The van der Waals surface area contributed by atoms with Crippen molar-refractivity contribution in [1.82, 2.24) is 14.1 Å². The predicted octanol–water partition coefficient (Wildman–Crippen LogP) is 2.90. The molecule has 0 radical (unpaired) electrons. The molecule has 0 bridgehead atoms. The summed E-state index contributed by atoms with van der Waals surface area (Å²) in [6.07, 6.45) is 3.89. The summed E-state index contributed by atoms with van der Waals surface area (Å²) < 4.78 is 65.9. The number of rotatable bonds is 6. The van der Waals surface area contributed by atoms with E-state index in [2.05, 4.69) is 9.80 Å². The summed E-state index contributed by atoms with van der Waals surface area (Å²) in [5.41, 5.74) is 1.38. The molecule has 2 aromatic rings. The molecular formula is C25H34FN3O4S2. The molecule has 2 aromatic carbocycles. The van der Waals surface area contributed by atoms with Crippen molar-refractivity contribution in [3.8, 4) is 0 Å². The van der Waals surface area contributed by atoms with Crippen LogP contribution in [-0.2, 0) is 26.4 Å². The summed E-state index contributed by atoms with van der Waals surface area (Å²) in [4.78, 5) is 5.12. The zero-order valence-corrected chi connectivity index (χ0v) is 22.0. The van der Waals surface area contributed by atoms with E-state index < -0.39 is 25.7 Å². The molecule has 0 amide bonds. The number of sulfonamides is 1. The molecule has 2 saturated heterocycles. The van der Waals surface area contributed by atoms with E-state index in [0.29, 0.717) is 42.7 Å². The Bertz CT molecular complexity index is 1260. The highest BCUT2D eigenvalue weighted by molar-refractivity contribution is 7.90. The molecule has 0 aromatic heterocycles. The largest absolute Gasteiger partial charge is 0.299 e. The fraction of sp³-hybridized carbons (Fsp3) is 0.520. The van der Waals surface area contributed by atoms with Crippen molar-refractivity contribution in [3.63, 3.8) is 0 Å². The molecule has 0 unspecified atom stereocenters. The maximum atomic E-state index is 13.8. The first-order valence-corrected chi connectivity index (χ1v) is 15.4. The van der Waals surface area contributed by atoms with Crippen molar-refractivity contribution in [2.75, 3.05) is 45.5 Å². The monoisotopic (exact) mass is 523 g/mol. The number of benzene rings is 2. The highest BCUT2D eigenvalue weighted by Crippen LogP contribution is 2.25. The van der Waals surface area contributed by atoms with Crippen molar-refractivity contribution in [1.29, 1.82) is 0 Å². The lowest BCUT2D eigenvalue weighted by Gasteiger charge is -2.38. The van der Waals surface area contributed by atoms with Crippen LogP contribution in [0.5, 0.6) is 0 Å². The van der Waals surface area contributed by atoms with E-state index in [0.717, 1.165) is 50.5 Å². The first-order valence-electron chi connectivity index (χ1n) is 12.1. The number of piperidine rings is 1. The Balaban J connectivity index is 1.35. The summed E-state index contributed by atoms with van der Waals surface area (Å²) >= 11 is 0. The van der Waals surface area contributed by atoms with Crippen LogP contribution in [0.3, 0.4) is 0 Å². The van der Waals surface area contributed by atoms with Crippen LogP contribution in [0.4, 0.5) is 4.39 Å². The zero-order chi connectivity index (χ0) is 25.2. The Hall–Kier alpha value is -1.85. The van der Waals surface area contributed by atoms with Crippen molar-refractivity contribution >= 4 is 19.9 Å². The van der Waals surface area contributed by atoms with Gasteiger partial charge in [0.15, 0.2) is 9.84 Å². The van der Waals surface area contributed by atoms with Gasteiger partial charge in [-0.25, -0.2) is 21.2 Å². The van der Waals surface area contributed by atoms with Gasteiger partial charge in [0.25, 0.3) is 0 Å². The Kier molecular flexibility index (Phi) is 7.97. The molecule has 2 heterocycles. The Labute approximate surface area is 208 Å². The molecule has 2 fully saturated rings. The van der Waals surface area contributed by atoms with Gasteiger partial charge < -0.3 is 0 Å². The van der Waals surface area contributed by atoms with Gasteiger partial charge in [0.1, 0.15) is 5.82 Å². The SMILES string of the molecule is Cc1ccc(F)cc1S(=O)(=O)N1CCCN(C2CCN(Cc3ccccc3S(C)(=O)=O)CC2)CC1. The summed E-state index contributed by atoms with van der Waals surface area (Å²) in [5.74, 6) is -0.545. The molecule has 7 nitrogen and oxygen atoms in total. The van der Waals surface area contributed by atoms with E-state index in [4.69, 9.17) is 0 Å². The summed E-state index contributed by atoms with van der Waals surface area (Å²) in [5, 5.41) is 0. The minimum absolute atomic E-state index is 0.0497. The van der Waals surface area contributed by atoms with Gasteiger partial charge in [-0.2, -0.15) is 4.31 Å². The fourth-order valence-corrected chi connectivity index (χ4v) is 7.83. The third kappa shape index (κ3) is 6.11. The lowest BCUT2D eigenvalue weighted by molar-refractivity contribution is 0.108. The summed E-state index contributed by atoms with van der Waals surface area (Å²) in [6, 6.07) is 11.5. The van der Waals surface area contributed by atoms with Crippen LogP contribution in [0.25, 0.3) is 0 Å². The minimum atomic E-state index is -3.74. The molecule has 0 N–H and O–H groups in total. The lowest BCUT2D eigenvalue weighted by atomic mass is 10.0. The topological polar surface area (TPSA) is 78.0 Å². The van der Waals surface area contributed by atoms with E-state index in [9.17, 15) is 21.2 Å². The Morgan fingerprint density at radius 1 is 0.886 bits per heavy atom. The first-order chi connectivity index (χ1) is 16.6. The molecule has 0 atom stereocenters. The number of likely N-dealkylation sites (tertiary alicyclic amines) is 1. The van der Waals surface area contributed by atoms with Crippen molar-refractivity contribution in [3.05, 3.63) is 59.4 Å². The van der Waals surface area contributed by atoms with Gasteiger partial charge in [-0.3, -0.25) is 9.80 Å². The Morgan fingerprint density at radius 3 is 2.31 bits per heavy atom. The molecular weight excluding hydrogens is 489 g/mol. The standard InChI is InChI=1S/C25H34FN3O4S2/c1-20-8-9-22(26)18-25(20)35(32,33)29-13-5-12-28(16-17-29)23-10-14-27(15-11-23)19-21-6-3-4-7-24(21)34(2,30)31/h3-4,6-9,18,23H,5,10-17,19H2,1-2H3. The van der Waals surface area contributed by atoms with Gasteiger partial charge >= 0.3 is 0 Å². The first kappa shape index (κ1) is 26.2. The smallest absolute Gasteiger partial charge is 0.243 e. The quantitative estimate of drug-likeness (QED) is 0.580. The van der Waals surface area contributed by atoms with Crippen LogP contribution >= 0.6 is 0 Å². The van der Waals surface area contributed by atoms with Crippen LogP contribution in [0.2, 0.25) is 0 Å². The van der Waals surface area contributed by atoms with Gasteiger partial charge in [-0.15, -0.1) is 0 Å². The highest BCUT2D eigenvalue weighted by Gasteiger charge is 2.31. The molecule has 0 aliphatic carbocycles. The molecule has 0 spiro atoms. The molecule has 2 aliphatic rings. The van der Waals surface area contributed by atoms with Gasteiger partial charge in [-0.05, 0) is 75.1 Å². The predicted molar refractivity (Wildman–Crippen MR) is 134 cm³/mol. The van der Waals surface area contributed by atoms with E-state index in [1.54, 1.807) is 19.1 Å². The number of sulfone groups is 1. The van der Waals surface area contributed by atoms with Crippen LogP contribution in [0, 0.1) is 12.7 Å². The second kappa shape index (κ2) is 10.6. The minimum Gasteiger partial charge on any atom is -0.299 e. The average molecular weight is 524 g/mol. The molecule has 4 rings (SSSR count). The zero-order valence-electron chi connectivity index (χ0n) is 20.4. The maximum Gasteiger partial charge on any atom is 0.243 e.